The van der Waals surface area contributed by atoms with Crippen LogP contribution in [0.15, 0.2) is 24.3 Å². The summed E-state index contributed by atoms with van der Waals surface area (Å²) in [5.74, 6) is -0.869. The minimum atomic E-state index is -4.26. The largest absolute Gasteiger partial charge is 0.479 e. The topological polar surface area (TPSA) is 104 Å². The third-order valence-corrected chi connectivity index (χ3v) is 2.80. The Labute approximate surface area is 91.6 Å². The first-order valence-electron chi connectivity index (χ1n) is 4.36. The zero-order chi connectivity index (χ0) is 12.3. The van der Waals surface area contributed by atoms with Crippen LogP contribution in [0.1, 0.15) is 6.92 Å². The molecule has 16 heavy (non-hydrogen) atoms. The van der Waals surface area contributed by atoms with E-state index in [1.54, 1.807) is 0 Å². The zero-order valence-corrected chi connectivity index (χ0v) is 9.29. The molecule has 0 saturated heterocycles. The summed E-state index contributed by atoms with van der Waals surface area (Å²) in [6.45, 7) is 1.36. The molecule has 0 aliphatic heterocycles. The van der Waals surface area contributed by atoms with Crippen molar-refractivity contribution >= 4 is 18.9 Å². The molecule has 1 atom stereocenters. The molecule has 0 spiro atoms. The Morgan fingerprint density at radius 2 is 1.81 bits per heavy atom. The fraction of sp³-hybridized carbons (Fsp3) is 0.222. The van der Waals surface area contributed by atoms with Gasteiger partial charge in [0.15, 0.2) is 6.10 Å². The maximum atomic E-state index is 10.8. The summed E-state index contributed by atoms with van der Waals surface area (Å²) in [6.07, 6.45) is -1.01. The van der Waals surface area contributed by atoms with Gasteiger partial charge in [-0.05, 0) is 31.2 Å². The molecule has 7 heteroatoms. The first-order chi connectivity index (χ1) is 7.30. The third-order valence-electron chi connectivity index (χ3n) is 1.83. The molecule has 0 fully saturated rings. The van der Waals surface area contributed by atoms with E-state index in [1.807, 2.05) is 0 Å². The summed E-state index contributed by atoms with van der Waals surface area (Å²) in [6, 6.07) is 5.02. The molecule has 0 radical (unpaired) electrons. The molecule has 0 amide bonds. The SMILES string of the molecule is C[C@@H](Oc1ccc(P(=O)(O)O)cc1)C(=O)O. The van der Waals surface area contributed by atoms with E-state index in [2.05, 4.69) is 0 Å². The van der Waals surface area contributed by atoms with E-state index in [0.717, 1.165) is 0 Å². The van der Waals surface area contributed by atoms with Gasteiger partial charge in [0.1, 0.15) is 5.75 Å². The lowest BCUT2D eigenvalue weighted by Crippen LogP contribution is -2.23. The molecule has 88 valence electrons. The third kappa shape index (κ3) is 3.34. The molecular weight excluding hydrogens is 235 g/mol. The summed E-state index contributed by atoms with van der Waals surface area (Å²) in [4.78, 5) is 28.1. The Kier molecular flexibility index (Phi) is 3.70. The molecule has 1 rings (SSSR count). The number of carboxylic acid groups (broad SMARTS) is 1. The molecule has 3 N–H and O–H groups in total. The van der Waals surface area contributed by atoms with Gasteiger partial charge in [0.25, 0.3) is 0 Å². The lowest BCUT2D eigenvalue weighted by Gasteiger charge is -2.10. The second kappa shape index (κ2) is 4.65. The highest BCUT2D eigenvalue weighted by molar-refractivity contribution is 7.60. The predicted molar refractivity (Wildman–Crippen MR) is 55.8 cm³/mol. The fourth-order valence-corrected chi connectivity index (χ4v) is 1.51. The van der Waals surface area contributed by atoms with Gasteiger partial charge in [0.2, 0.25) is 0 Å². The molecular formula is C9H11O6P. The predicted octanol–water partition coefficient (Wildman–Crippen LogP) is 0.341. The van der Waals surface area contributed by atoms with Crippen molar-refractivity contribution < 1.29 is 29.0 Å². The Hall–Kier alpha value is -1.36. The molecule has 0 aliphatic carbocycles. The average Bonchev–Trinajstić information content (AvgIpc) is 2.17. The van der Waals surface area contributed by atoms with Crippen LogP contribution in [-0.2, 0) is 9.36 Å². The number of hydrogen-bond donors (Lipinski definition) is 3. The maximum absolute atomic E-state index is 10.8. The minimum Gasteiger partial charge on any atom is -0.479 e. The van der Waals surface area contributed by atoms with Gasteiger partial charge in [-0.1, -0.05) is 0 Å². The second-order valence-corrected chi connectivity index (χ2v) is 4.74. The van der Waals surface area contributed by atoms with Crippen molar-refractivity contribution in [1.29, 1.82) is 0 Å². The van der Waals surface area contributed by atoms with E-state index >= 15 is 0 Å². The highest BCUT2D eigenvalue weighted by Crippen LogP contribution is 2.33. The number of ether oxygens (including phenoxy) is 1. The zero-order valence-electron chi connectivity index (χ0n) is 8.40. The first-order valence-corrected chi connectivity index (χ1v) is 5.97. The van der Waals surface area contributed by atoms with E-state index in [-0.39, 0.29) is 11.1 Å². The number of rotatable bonds is 4. The Bertz CT molecular complexity index is 420. The van der Waals surface area contributed by atoms with Crippen LogP contribution in [0.25, 0.3) is 0 Å². The summed E-state index contributed by atoms with van der Waals surface area (Å²) in [5, 5.41) is 8.44. The van der Waals surface area contributed by atoms with Crippen molar-refractivity contribution in [3.8, 4) is 5.75 Å². The molecule has 1 aromatic rings. The highest BCUT2D eigenvalue weighted by Gasteiger charge is 2.17. The Morgan fingerprint density at radius 1 is 1.31 bits per heavy atom. The van der Waals surface area contributed by atoms with E-state index in [4.69, 9.17) is 19.6 Å². The van der Waals surface area contributed by atoms with Crippen LogP contribution in [0, 0.1) is 0 Å². The fourth-order valence-electron chi connectivity index (χ4n) is 0.973. The standard InChI is InChI=1S/C9H11O6P/c1-6(9(10)11)15-7-2-4-8(5-3-7)16(12,13)14/h2-6H,1H3,(H,10,11)(H2,12,13,14)/t6-/m1/s1. The van der Waals surface area contributed by atoms with Crippen LogP contribution >= 0.6 is 7.60 Å². The molecule has 0 heterocycles. The monoisotopic (exact) mass is 246 g/mol. The van der Waals surface area contributed by atoms with Crippen molar-refractivity contribution in [2.45, 2.75) is 13.0 Å². The molecule has 6 nitrogen and oxygen atoms in total. The maximum Gasteiger partial charge on any atom is 0.356 e. The van der Waals surface area contributed by atoms with Crippen LogP contribution < -0.4 is 10.0 Å². The molecule has 0 unspecified atom stereocenters. The number of carboxylic acids is 1. The minimum absolute atomic E-state index is 0.136. The van der Waals surface area contributed by atoms with Gasteiger partial charge in [0, 0.05) is 0 Å². The first kappa shape index (κ1) is 12.7. The van der Waals surface area contributed by atoms with Crippen molar-refractivity contribution in [3.63, 3.8) is 0 Å². The number of aliphatic carboxylic acids is 1. The van der Waals surface area contributed by atoms with Gasteiger partial charge in [-0.15, -0.1) is 0 Å². The van der Waals surface area contributed by atoms with Crippen molar-refractivity contribution in [2.75, 3.05) is 0 Å². The number of benzene rings is 1. The van der Waals surface area contributed by atoms with E-state index in [0.29, 0.717) is 0 Å². The van der Waals surface area contributed by atoms with Crippen LogP contribution in [0.4, 0.5) is 0 Å². The van der Waals surface area contributed by atoms with Crippen molar-refractivity contribution in [1.82, 2.24) is 0 Å². The summed E-state index contributed by atoms with van der Waals surface area (Å²) in [7, 11) is -4.26. The van der Waals surface area contributed by atoms with Gasteiger partial charge in [0.05, 0.1) is 5.30 Å². The quantitative estimate of drug-likeness (QED) is 0.662. The summed E-state index contributed by atoms with van der Waals surface area (Å²) in [5.41, 5.74) is 0. The van der Waals surface area contributed by atoms with E-state index < -0.39 is 19.7 Å². The van der Waals surface area contributed by atoms with Crippen LogP contribution in [0.2, 0.25) is 0 Å². The molecule has 0 saturated carbocycles. The van der Waals surface area contributed by atoms with Gasteiger partial charge in [-0.2, -0.15) is 0 Å². The molecule has 0 aromatic heterocycles. The van der Waals surface area contributed by atoms with E-state index in [1.165, 1.54) is 31.2 Å². The average molecular weight is 246 g/mol. The molecule has 0 bridgehead atoms. The Balaban J connectivity index is 2.80. The second-order valence-electron chi connectivity index (χ2n) is 3.14. The van der Waals surface area contributed by atoms with Gasteiger partial charge < -0.3 is 19.6 Å². The molecule has 0 aliphatic rings. The van der Waals surface area contributed by atoms with Gasteiger partial charge in [-0.3, -0.25) is 4.57 Å². The Morgan fingerprint density at radius 3 is 2.19 bits per heavy atom. The van der Waals surface area contributed by atoms with Crippen LogP contribution in [-0.4, -0.2) is 27.0 Å². The lowest BCUT2D eigenvalue weighted by molar-refractivity contribution is -0.144. The van der Waals surface area contributed by atoms with Crippen LogP contribution in [0.5, 0.6) is 5.75 Å². The van der Waals surface area contributed by atoms with Gasteiger partial charge >= 0.3 is 13.6 Å². The summed E-state index contributed by atoms with van der Waals surface area (Å²) < 4.78 is 15.8. The normalized spacial score (nSPS) is 13.2. The van der Waals surface area contributed by atoms with E-state index in [9.17, 15) is 9.36 Å². The van der Waals surface area contributed by atoms with Crippen molar-refractivity contribution in [2.24, 2.45) is 0 Å². The smallest absolute Gasteiger partial charge is 0.356 e. The summed E-state index contributed by atoms with van der Waals surface area (Å²) >= 11 is 0. The van der Waals surface area contributed by atoms with Gasteiger partial charge in [-0.25, -0.2) is 4.79 Å². The molecule has 1 aromatic carbocycles. The highest BCUT2D eigenvalue weighted by atomic mass is 31.2. The number of hydrogen-bond acceptors (Lipinski definition) is 3. The van der Waals surface area contributed by atoms with Crippen molar-refractivity contribution in [3.05, 3.63) is 24.3 Å². The van der Waals surface area contributed by atoms with Crippen LogP contribution in [0.3, 0.4) is 0 Å². The number of carbonyl (C=O) groups is 1. The lowest BCUT2D eigenvalue weighted by atomic mass is 10.3.